The van der Waals surface area contributed by atoms with Gasteiger partial charge in [0.25, 0.3) is 0 Å². The van der Waals surface area contributed by atoms with Crippen LogP contribution in [0.25, 0.3) is 0 Å². The maximum Gasteiger partial charge on any atom is 0.416 e. The fraction of sp³-hybridized carbons (Fsp3) is 0.565. The number of alkyl halides is 3. The lowest BCUT2D eigenvalue weighted by molar-refractivity contribution is -0.137. The molecule has 2 atom stereocenters. The molecule has 9 heteroatoms. The van der Waals surface area contributed by atoms with Crippen molar-refractivity contribution in [3.8, 4) is 0 Å². The lowest BCUT2D eigenvalue weighted by atomic mass is 9.84. The number of nitrogens with zero attached hydrogens (tertiary/aromatic N) is 3. The van der Waals surface area contributed by atoms with E-state index < -0.39 is 17.8 Å². The molecule has 2 fully saturated rings. The minimum absolute atomic E-state index is 0.135. The van der Waals surface area contributed by atoms with Crippen LogP contribution >= 0.6 is 0 Å². The Morgan fingerprint density at radius 1 is 1.16 bits per heavy atom. The summed E-state index contributed by atoms with van der Waals surface area (Å²) >= 11 is 0. The zero-order valence-electron chi connectivity index (χ0n) is 18.4. The molecule has 0 bridgehead atoms. The largest absolute Gasteiger partial charge is 0.484 e. The monoisotopic (exact) mass is 453 g/mol. The van der Waals surface area contributed by atoms with Crippen LogP contribution < -0.4 is 0 Å². The third-order valence-corrected chi connectivity index (χ3v) is 6.02. The van der Waals surface area contributed by atoms with E-state index in [-0.39, 0.29) is 17.9 Å². The zero-order valence-corrected chi connectivity index (χ0v) is 18.4. The SMILES string of the molecule is C=C(C)N=C(OC)C1CC(c2ccc(C(F)(F)F)cc2)CN(C(=O)N2CCC(O)CC2)C1. The van der Waals surface area contributed by atoms with Gasteiger partial charge in [-0.15, -0.1) is 0 Å². The summed E-state index contributed by atoms with van der Waals surface area (Å²) in [6.07, 6.45) is -3.13. The predicted octanol–water partition coefficient (Wildman–Crippen LogP) is 4.27. The highest BCUT2D eigenvalue weighted by molar-refractivity contribution is 5.82. The first kappa shape index (κ1) is 24.1. The molecule has 0 saturated carbocycles. The standard InChI is InChI=1S/C23H30F3N3O3/c1-15(2)27-21(32-3)18-12-17(16-4-6-19(7-5-16)23(24,25)26)13-29(14-18)22(31)28-10-8-20(30)9-11-28/h4-7,17-18,20,30H,1,8-14H2,2-3H3. The van der Waals surface area contributed by atoms with Crippen molar-refractivity contribution in [3.05, 3.63) is 47.7 Å². The second-order valence-corrected chi connectivity index (χ2v) is 8.54. The number of hydrogen-bond donors (Lipinski definition) is 1. The summed E-state index contributed by atoms with van der Waals surface area (Å²) in [4.78, 5) is 21.0. The summed E-state index contributed by atoms with van der Waals surface area (Å²) < 4.78 is 44.4. The van der Waals surface area contributed by atoms with Crippen LogP contribution in [-0.4, -0.2) is 66.2 Å². The smallest absolute Gasteiger partial charge is 0.416 e. The van der Waals surface area contributed by atoms with E-state index in [0.717, 1.165) is 17.7 Å². The average molecular weight is 454 g/mol. The lowest BCUT2D eigenvalue weighted by Gasteiger charge is -2.41. The van der Waals surface area contributed by atoms with Gasteiger partial charge in [-0.1, -0.05) is 18.7 Å². The van der Waals surface area contributed by atoms with Crippen LogP contribution in [0.1, 0.15) is 43.2 Å². The molecule has 1 aromatic carbocycles. The number of halogens is 3. The second-order valence-electron chi connectivity index (χ2n) is 8.54. The van der Waals surface area contributed by atoms with Gasteiger partial charge in [0.1, 0.15) is 0 Å². The molecule has 0 radical (unpaired) electrons. The summed E-state index contributed by atoms with van der Waals surface area (Å²) in [5, 5.41) is 9.75. The van der Waals surface area contributed by atoms with Crippen molar-refractivity contribution in [1.82, 2.24) is 9.80 Å². The van der Waals surface area contributed by atoms with Crippen molar-refractivity contribution in [3.63, 3.8) is 0 Å². The Hall–Kier alpha value is -2.55. The van der Waals surface area contributed by atoms with Crippen LogP contribution in [0, 0.1) is 5.92 Å². The van der Waals surface area contributed by atoms with Crippen LogP contribution in [0.3, 0.4) is 0 Å². The number of aliphatic hydroxyl groups is 1. The highest BCUT2D eigenvalue weighted by atomic mass is 19.4. The number of benzene rings is 1. The third-order valence-electron chi connectivity index (χ3n) is 6.02. The number of likely N-dealkylation sites (tertiary alicyclic amines) is 2. The molecule has 0 aliphatic carbocycles. The molecule has 2 saturated heterocycles. The van der Waals surface area contributed by atoms with E-state index in [1.54, 1.807) is 16.7 Å². The molecule has 32 heavy (non-hydrogen) atoms. The fourth-order valence-corrected chi connectivity index (χ4v) is 4.37. The van der Waals surface area contributed by atoms with E-state index in [0.29, 0.717) is 57.0 Å². The number of rotatable bonds is 3. The van der Waals surface area contributed by atoms with Crippen LogP contribution in [0.5, 0.6) is 0 Å². The number of amides is 2. The fourth-order valence-electron chi connectivity index (χ4n) is 4.37. The first-order valence-electron chi connectivity index (χ1n) is 10.8. The van der Waals surface area contributed by atoms with Gasteiger partial charge in [-0.25, -0.2) is 9.79 Å². The number of urea groups is 1. The molecular formula is C23H30F3N3O3. The number of carbonyl (C=O) groups excluding carboxylic acids is 1. The summed E-state index contributed by atoms with van der Waals surface area (Å²) in [5.41, 5.74) is 0.608. The molecule has 1 aromatic rings. The summed E-state index contributed by atoms with van der Waals surface area (Å²) in [5.74, 6) is 0.0823. The van der Waals surface area contributed by atoms with Crippen molar-refractivity contribution in [2.24, 2.45) is 10.9 Å². The van der Waals surface area contributed by atoms with E-state index in [2.05, 4.69) is 11.6 Å². The summed E-state index contributed by atoms with van der Waals surface area (Å²) in [6, 6.07) is 4.99. The van der Waals surface area contributed by atoms with Gasteiger partial charge in [0.05, 0.1) is 24.7 Å². The predicted molar refractivity (Wildman–Crippen MR) is 115 cm³/mol. The van der Waals surface area contributed by atoms with Crippen molar-refractivity contribution in [1.29, 1.82) is 0 Å². The van der Waals surface area contributed by atoms with Crippen LogP contribution in [0.4, 0.5) is 18.0 Å². The molecule has 0 aromatic heterocycles. The van der Waals surface area contributed by atoms with Gasteiger partial charge in [0.15, 0.2) is 5.90 Å². The van der Waals surface area contributed by atoms with Crippen LogP contribution in [0.15, 0.2) is 41.5 Å². The molecule has 176 valence electrons. The molecule has 2 aliphatic heterocycles. The van der Waals surface area contributed by atoms with Crippen molar-refractivity contribution in [2.45, 2.75) is 44.4 Å². The second kappa shape index (κ2) is 9.94. The minimum Gasteiger partial charge on any atom is -0.484 e. The number of methoxy groups -OCH3 is 1. The first-order chi connectivity index (χ1) is 15.1. The first-order valence-corrected chi connectivity index (χ1v) is 10.8. The number of aliphatic hydroxyl groups excluding tert-OH is 1. The molecule has 6 nitrogen and oxygen atoms in total. The van der Waals surface area contributed by atoms with Crippen molar-refractivity contribution in [2.75, 3.05) is 33.3 Å². The summed E-state index contributed by atoms with van der Waals surface area (Å²) in [7, 11) is 1.52. The third kappa shape index (κ3) is 5.82. The highest BCUT2D eigenvalue weighted by Crippen LogP contribution is 2.35. The van der Waals surface area contributed by atoms with Crippen molar-refractivity contribution >= 4 is 11.9 Å². The Labute approximate surface area is 186 Å². The molecular weight excluding hydrogens is 423 g/mol. The minimum atomic E-state index is -4.40. The van der Waals surface area contributed by atoms with Crippen LogP contribution in [0.2, 0.25) is 0 Å². The van der Waals surface area contributed by atoms with Gasteiger partial charge >= 0.3 is 12.2 Å². The van der Waals surface area contributed by atoms with Gasteiger partial charge in [0, 0.05) is 37.8 Å². The number of carbonyl (C=O) groups is 1. The molecule has 0 spiro atoms. The molecule has 2 amide bonds. The summed E-state index contributed by atoms with van der Waals surface area (Å²) in [6.45, 7) is 7.28. The number of allylic oxidation sites excluding steroid dienone is 1. The molecule has 2 aliphatic rings. The van der Waals surface area contributed by atoms with E-state index in [9.17, 15) is 23.1 Å². The molecule has 3 rings (SSSR count). The Kier molecular flexibility index (Phi) is 7.48. The van der Waals surface area contributed by atoms with Gasteiger partial charge < -0.3 is 19.6 Å². The topological polar surface area (TPSA) is 65.4 Å². The van der Waals surface area contributed by atoms with E-state index in [4.69, 9.17) is 4.74 Å². The maximum absolute atomic E-state index is 13.2. The van der Waals surface area contributed by atoms with E-state index in [1.165, 1.54) is 19.2 Å². The molecule has 2 unspecified atom stereocenters. The Balaban J connectivity index is 1.86. The van der Waals surface area contributed by atoms with E-state index in [1.807, 2.05) is 0 Å². The number of aliphatic imine (C=N–C) groups is 1. The van der Waals surface area contributed by atoms with Gasteiger partial charge in [-0.2, -0.15) is 13.2 Å². The molecule has 2 heterocycles. The Bertz CT molecular complexity index is 846. The van der Waals surface area contributed by atoms with E-state index >= 15 is 0 Å². The van der Waals surface area contributed by atoms with Gasteiger partial charge in [-0.3, -0.25) is 0 Å². The van der Waals surface area contributed by atoms with Crippen molar-refractivity contribution < 1.29 is 27.8 Å². The number of ether oxygens (including phenoxy) is 1. The van der Waals surface area contributed by atoms with Crippen LogP contribution in [-0.2, 0) is 10.9 Å². The Morgan fingerprint density at radius 3 is 2.31 bits per heavy atom. The quantitative estimate of drug-likeness (QED) is 0.549. The highest BCUT2D eigenvalue weighted by Gasteiger charge is 2.37. The number of piperidine rings is 2. The zero-order chi connectivity index (χ0) is 23.5. The average Bonchev–Trinajstić information content (AvgIpc) is 2.76. The van der Waals surface area contributed by atoms with Gasteiger partial charge in [0.2, 0.25) is 0 Å². The maximum atomic E-state index is 13.2. The van der Waals surface area contributed by atoms with Gasteiger partial charge in [-0.05, 0) is 43.9 Å². The normalized spacial score (nSPS) is 23.2. The molecule has 1 N–H and O–H groups in total. The Morgan fingerprint density at radius 2 is 1.78 bits per heavy atom. The number of hydrogen-bond acceptors (Lipinski definition) is 4. The lowest BCUT2D eigenvalue weighted by Crippen LogP contribution is -2.53.